The number of ether oxygens (including phenoxy) is 2. The highest BCUT2D eigenvalue weighted by molar-refractivity contribution is 5.96. The summed E-state index contributed by atoms with van der Waals surface area (Å²) in [4.78, 5) is 15.1. The van der Waals surface area contributed by atoms with Crippen molar-refractivity contribution < 1.29 is 14.3 Å². The molecule has 128 valence electrons. The summed E-state index contributed by atoms with van der Waals surface area (Å²) >= 11 is 0. The van der Waals surface area contributed by atoms with Gasteiger partial charge in [0.15, 0.2) is 0 Å². The summed E-state index contributed by atoms with van der Waals surface area (Å²) in [7, 11) is 0. The van der Waals surface area contributed by atoms with Crippen molar-refractivity contribution in [3.05, 3.63) is 77.6 Å². The second-order valence-electron chi connectivity index (χ2n) is 5.74. The third-order valence-corrected chi connectivity index (χ3v) is 3.95. The zero-order valence-electron chi connectivity index (χ0n) is 14.4. The lowest BCUT2D eigenvalue weighted by atomic mass is 10.0. The molecule has 0 radical (unpaired) electrons. The molecule has 0 fully saturated rings. The Balaban J connectivity index is 1.76. The van der Waals surface area contributed by atoms with E-state index in [2.05, 4.69) is 4.98 Å². The number of carbonyl (C=O) groups excluding carboxylic acids is 1. The number of carbonyl (C=O) groups is 1. The third-order valence-electron chi connectivity index (χ3n) is 3.95. The van der Waals surface area contributed by atoms with Gasteiger partial charge in [-0.25, -0.2) is 4.79 Å². The molecule has 0 saturated carbocycles. The van der Waals surface area contributed by atoms with E-state index >= 15 is 0 Å². The van der Waals surface area contributed by atoms with Gasteiger partial charge in [0.2, 0.25) is 0 Å². The molecular formula is C21H21NO3. The van der Waals surface area contributed by atoms with E-state index in [4.69, 9.17) is 9.47 Å². The third kappa shape index (κ3) is 3.91. The lowest BCUT2D eigenvalue weighted by Gasteiger charge is -2.09. The molecule has 1 heterocycles. The molecule has 3 aromatic rings. The van der Waals surface area contributed by atoms with Crippen LogP contribution in [0.3, 0.4) is 0 Å². The number of nitrogens with one attached hydrogen (secondary N) is 1. The molecule has 3 rings (SSSR count). The fourth-order valence-electron chi connectivity index (χ4n) is 2.72. The molecule has 0 spiro atoms. The van der Waals surface area contributed by atoms with Crippen LogP contribution in [0.2, 0.25) is 0 Å². The van der Waals surface area contributed by atoms with Gasteiger partial charge < -0.3 is 14.5 Å². The molecule has 0 aliphatic rings. The number of aromatic nitrogens is 1. The molecule has 0 atom stereocenters. The van der Waals surface area contributed by atoms with Gasteiger partial charge in [-0.05, 0) is 42.7 Å². The van der Waals surface area contributed by atoms with Gasteiger partial charge in [0.1, 0.15) is 18.1 Å². The maximum absolute atomic E-state index is 12.1. The van der Waals surface area contributed by atoms with E-state index in [1.54, 1.807) is 6.92 Å². The van der Waals surface area contributed by atoms with Crippen molar-refractivity contribution >= 4 is 5.97 Å². The highest BCUT2D eigenvalue weighted by Gasteiger charge is 2.18. The van der Waals surface area contributed by atoms with Crippen LogP contribution in [-0.2, 0) is 11.3 Å². The van der Waals surface area contributed by atoms with Crippen molar-refractivity contribution in [2.75, 3.05) is 6.61 Å². The highest BCUT2D eigenvalue weighted by Crippen LogP contribution is 2.29. The van der Waals surface area contributed by atoms with Gasteiger partial charge in [-0.2, -0.15) is 0 Å². The zero-order valence-corrected chi connectivity index (χ0v) is 14.4. The Morgan fingerprint density at radius 1 is 1.04 bits per heavy atom. The number of esters is 1. The summed E-state index contributed by atoms with van der Waals surface area (Å²) < 4.78 is 10.9. The van der Waals surface area contributed by atoms with Gasteiger partial charge >= 0.3 is 5.97 Å². The van der Waals surface area contributed by atoms with Gasteiger partial charge in [0, 0.05) is 11.8 Å². The van der Waals surface area contributed by atoms with Gasteiger partial charge in [-0.3, -0.25) is 0 Å². The number of hydrogen-bond acceptors (Lipinski definition) is 3. The molecule has 0 unspecified atom stereocenters. The topological polar surface area (TPSA) is 51.3 Å². The molecule has 2 aromatic carbocycles. The molecule has 0 bridgehead atoms. The summed E-state index contributed by atoms with van der Waals surface area (Å²) in [5, 5.41) is 0. The molecule has 1 N–H and O–H groups in total. The minimum absolute atomic E-state index is 0.338. The molecule has 25 heavy (non-hydrogen) atoms. The predicted molar refractivity (Wildman–Crippen MR) is 97.7 cm³/mol. The first-order valence-electron chi connectivity index (χ1n) is 8.31. The van der Waals surface area contributed by atoms with Crippen molar-refractivity contribution in [1.82, 2.24) is 4.98 Å². The number of rotatable bonds is 6. The average molecular weight is 335 g/mol. The van der Waals surface area contributed by atoms with E-state index in [1.807, 2.05) is 67.7 Å². The standard InChI is InChI=1S/C21H21NO3/c1-3-24-21(23)20-19(15(2)13-22-20)17-9-11-18(12-10-17)25-14-16-7-5-4-6-8-16/h4-13,22H,3,14H2,1-2H3. The number of aromatic amines is 1. The second-order valence-corrected chi connectivity index (χ2v) is 5.74. The van der Waals surface area contributed by atoms with E-state index in [-0.39, 0.29) is 5.97 Å². The fourth-order valence-corrected chi connectivity index (χ4v) is 2.72. The van der Waals surface area contributed by atoms with Crippen LogP contribution in [0.4, 0.5) is 0 Å². The quantitative estimate of drug-likeness (QED) is 0.662. The molecule has 0 aliphatic heterocycles. The Labute approximate surface area is 147 Å². The van der Waals surface area contributed by atoms with E-state index in [9.17, 15) is 4.79 Å². The first-order valence-corrected chi connectivity index (χ1v) is 8.31. The monoisotopic (exact) mass is 335 g/mol. The maximum atomic E-state index is 12.1. The summed E-state index contributed by atoms with van der Waals surface area (Å²) in [5.74, 6) is 0.452. The number of hydrogen-bond donors (Lipinski definition) is 1. The SMILES string of the molecule is CCOC(=O)c1[nH]cc(C)c1-c1ccc(OCc2ccccc2)cc1. The number of benzene rings is 2. The lowest BCUT2D eigenvalue weighted by molar-refractivity contribution is 0.0521. The van der Waals surface area contributed by atoms with Crippen molar-refractivity contribution in [2.45, 2.75) is 20.5 Å². The smallest absolute Gasteiger partial charge is 0.355 e. The molecule has 0 aliphatic carbocycles. The Morgan fingerprint density at radius 2 is 1.76 bits per heavy atom. The maximum Gasteiger partial charge on any atom is 0.355 e. The summed E-state index contributed by atoms with van der Waals surface area (Å²) in [6.45, 7) is 4.64. The van der Waals surface area contributed by atoms with Crippen LogP contribution in [0.25, 0.3) is 11.1 Å². The van der Waals surface area contributed by atoms with E-state index in [0.717, 1.165) is 28.0 Å². The summed E-state index contributed by atoms with van der Waals surface area (Å²) in [6, 6.07) is 17.8. The zero-order chi connectivity index (χ0) is 17.6. The molecule has 4 nitrogen and oxygen atoms in total. The van der Waals surface area contributed by atoms with Crippen LogP contribution in [0.15, 0.2) is 60.8 Å². The van der Waals surface area contributed by atoms with Crippen LogP contribution in [-0.4, -0.2) is 17.6 Å². The van der Waals surface area contributed by atoms with Gasteiger partial charge in [0.05, 0.1) is 6.61 Å². The normalized spacial score (nSPS) is 10.5. The van der Waals surface area contributed by atoms with E-state index in [0.29, 0.717) is 18.9 Å². The first-order chi connectivity index (χ1) is 12.2. The van der Waals surface area contributed by atoms with Crippen molar-refractivity contribution in [3.63, 3.8) is 0 Å². The van der Waals surface area contributed by atoms with Gasteiger partial charge in [0.25, 0.3) is 0 Å². The van der Waals surface area contributed by atoms with Crippen LogP contribution < -0.4 is 4.74 Å². The fraction of sp³-hybridized carbons (Fsp3) is 0.190. The van der Waals surface area contributed by atoms with Crippen molar-refractivity contribution in [3.8, 4) is 16.9 Å². The van der Waals surface area contributed by atoms with Crippen LogP contribution in [0, 0.1) is 6.92 Å². The van der Waals surface area contributed by atoms with Crippen molar-refractivity contribution in [1.29, 1.82) is 0 Å². The average Bonchev–Trinajstić information content (AvgIpc) is 3.03. The minimum atomic E-state index is -0.338. The molecule has 0 amide bonds. The van der Waals surface area contributed by atoms with Crippen LogP contribution in [0.1, 0.15) is 28.5 Å². The van der Waals surface area contributed by atoms with Crippen molar-refractivity contribution in [2.24, 2.45) is 0 Å². The molecule has 1 aromatic heterocycles. The highest BCUT2D eigenvalue weighted by atomic mass is 16.5. The second kappa shape index (κ2) is 7.71. The molecule has 4 heteroatoms. The Morgan fingerprint density at radius 3 is 2.44 bits per heavy atom. The summed E-state index contributed by atoms with van der Waals surface area (Å²) in [5.41, 5.74) is 4.43. The van der Waals surface area contributed by atoms with Gasteiger partial charge in [-0.15, -0.1) is 0 Å². The van der Waals surface area contributed by atoms with E-state index in [1.165, 1.54) is 0 Å². The van der Waals surface area contributed by atoms with Gasteiger partial charge in [-0.1, -0.05) is 42.5 Å². The van der Waals surface area contributed by atoms with E-state index < -0.39 is 0 Å². The molecular weight excluding hydrogens is 314 g/mol. The Bertz CT molecular complexity index is 835. The number of aryl methyl sites for hydroxylation is 1. The molecule has 0 saturated heterocycles. The van der Waals surface area contributed by atoms with Crippen LogP contribution >= 0.6 is 0 Å². The Kier molecular flexibility index (Phi) is 5.19. The number of H-pyrrole nitrogens is 1. The van der Waals surface area contributed by atoms with Crippen LogP contribution in [0.5, 0.6) is 5.75 Å². The predicted octanol–water partition coefficient (Wildman–Crippen LogP) is 4.75. The summed E-state index contributed by atoms with van der Waals surface area (Å²) in [6.07, 6.45) is 1.82. The Hall–Kier alpha value is -3.01. The first kappa shape index (κ1) is 16.8. The lowest BCUT2D eigenvalue weighted by Crippen LogP contribution is -2.06. The largest absolute Gasteiger partial charge is 0.489 e. The minimum Gasteiger partial charge on any atom is -0.489 e.